The summed E-state index contributed by atoms with van der Waals surface area (Å²) in [6, 6.07) is 14.1. The predicted octanol–water partition coefficient (Wildman–Crippen LogP) is 3.27. The van der Waals surface area contributed by atoms with Crippen LogP contribution in [0.15, 0.2) is 66.9 Å². The number of halogens is 3. The molecule has 0 aromatic heterocycles. The van der Waals surface area contributed by atoms with Crippen LogP contribution in [0, 0.1) is 0 Å². The Morgan fingerprint density at radius 2 is 1.71 bits per heavy atom. The molecule has 1 heterocycles. The van der Waals surface area contributed by atoms with Crippen LogP contribution < -0.4 is 10.6 Å². The number of nitrogens with zero attached hydrogens (tertiary/aromatic N) is 2. The van der Waals surface area contributed by atoms with Crippen molar-refractivity contribution in [2.24, 2.45) is 0 Å². The Labute approximate surface area is 242 Å². The molecular formula is C30H35F3N4O5. The standard InChI is InChI=1S/C30H35F3N4O5/c1-21(24-10-5-8-22-7-3-4-9-25(22)24)36-16-12-23(13-17-36)37(18-14-26(38)30(31,32)33)20-28(40)35-19-27(39)34-15-6-11-29(41)42-2/h3-11,14,18,21,23H,12-13,15-17,19-20H2,1-2H3,(H,34,39)(H,35,40)/b11-6+,18-14+/t21-/m1/s1. The minimum absolute atomic E-state index is 0.0357. The zero-order valence-electron chi connectivity index (χ0n) is 23.5. The third-order valence-corrected chi connectivity index (χ3v) is 7.13. The smallest absolute Gasteiger partial charge is 0.454 e. The van der Waals surface area contributed by atoms with E-state index in [0.29, 0.717) is 32.0 Å². The van der Waals surface area contributed by atoms with E-state index in [4.69, 9.17) is 0 Å². The van der Waals surface area contributed by atoms with E-state index in [0.717, 1.165) is 23.0 Å². The van der Waals surface area contributed by atoms with Crippen LogP contribution in [0.3, 0.4) is 0 Å². The van der Waals surface area contributed by atoms with Gasteiger partial charge >= 0.3 is 12.1 Å². The summed E-state index contributed by atoms with van der Waals surface area (Å²) >= 11 is 0. The lowest BCUT2D eigenvalue weighted by Crippen LogP contribution is -2.47. The Balaban J connectivity index is 1.61. The molecule has 9 nitrogen and oxygen atoms in total. The number of ether oxygens (including phenoxy) is 1. The molecule has 0 bridgehead atoms. The second-order valence-electron chi connectivity index (χ2n) is 9.87. The lowest BCUT2D eigenvalue weighted by Gasteiger charge is -2.40. The molecule has 2 amide bonds. The number of rotatable bonds is 12. The molecule has 2 aromatic rings. The molecule has 0 saturated carbocycles. The van der Waals surface area contributed by atoms with Gasteiger partial charge in [0.25, 0.3) is 5.78 Å². The first-order valence-electron chi connectivity index (χ1n) is 13.5. The molecule has 0 unspecified atom stereocenters. The first-order valence-corrected chi connectivity index (χ1v) is 13.5. The zero-order valence-corrected chi connectivity index (χ0v) is 23.5. The number of hydrogen-bond acceptors (Lipinski definition) is 7. The number of benzene rings is 2. The van der Waals surface area contributed by atoms with Gasteiger partial charge in [-0.25, -0.2) is 4.79 Å². The summed E-state index contributed by atoms with van der Waals surface area (Å²) in [5, 5.41) is 7.21. The quantitative estimate of drug-likeness (QED) is 0.290. The number of nitrogens with one attached hydrogen (secondary N) is 2. The zero-order chi connectivity index (χ0) is 30.7. The average molecular weight is 589 g/mol. The van der Waals surface area contributed by atoms with Crippen LogP contribution >= 0.6 is 0 Å². The highest BCUT2D eigenvalue weighted by Crippen LogP contribution is 2.31. The Morgan fingerprint density at radius 1 is 1.02 bits per heavy atom. The normalized spacial score (nSPS) is 15.5. The Kier molecular flexibility index (Phi) is 11.7. The third-order valence-electron chi connectivity index (χ3n) is 7.13. The van der Waals surface area contributed by atoms with E-state index in [2.05, 4.69) is 51.5 Å². The van der Waals surface area contributed by atoms with Crippen molar-refractivity contribution in [3.63, 3.8) is 0 Å². The molecule has 0 spiro atoms. The lowest BCUT2D eigenvalue weighted by molar-refractivity contribution is -0.165. The van der Waals surface area contributed by atoms with Crippen LogP contribution in [0.25, 0.3) is 10.8 Å². The molecular weight excluding hydrogens is 553 g/mol. The van der Waals surface area contributed by atoms with E-state index in [1.54, 1.807) is 0 Å². The van der Waals surface area contributed by atoms with E-state index >= 15 is 0 Å². The Morgan fingerprint density at radius 3 is 2.40 bits per heavy atom. The highest BCUT2D eigenvalue weighted by Gasteiger charge is 2.36. The number of allylic oxidation sites excluding steroid dienone is 1. The van der Waals surface area contributed by atoms with Gasteiger partial charge in [0.2, 0.25) is 11.8 Å². The molecule has 0 aliphatic carbocycles. The number of ketones is 1. The number of carbonyl (C=O) groups is 4. The molecule has 2 aromatic carbocycles. The maximum absolute atomic E-state index is 12.8. The Hall–Kier alpha value is -4.19. The van der Waals surface area contributed by atoms with E-state index in [-0.39, 0.29) is 31.7 Å². The number of amides is 2. The number of alkyl halides is 3. The van der Waals surface area contributed by atoms with E-state index in [9.17, 15) is 32.3 Å². The lowest BCUT2D eigenvalue weighted by atomic mass is 9.95. The highest BCUT2D eigenvalue weighted by atomic mass is 19.4. The van der Waals surface area contributed by atoms with Crippen LogP contribution in [-0.4, -0.2) is 85.4 Å². The fraction of sp³-hybridized carbons (Fsp3) is 0.400. The van der Waals surface area contributed by atoms with Gasteiger partial charge in [-0.15, -0.1) is 0 Å². The van der Waals surface area contributed by atoms with Crippen LogP contribution in [0.2, 0.25) is 0 Å². The van der Waals surface area contributed by atoms with Crippen molar-refractivity contribution in [1.29, 1.82) is 0 Å². The number of piperidine rings is 1. The van der Waals surface area contributed by atoms with Gasteiger partial charge in [0.15, 0.2) is 0 Å². The van der Waals surface area contributed by atoms with Gasteiger partial charge < -0.3 is 20.3 Å². The third kappa shape index (κ3) is 9.44. The van der Waals surface area contributed by atoms with Gasteiger partial charge in [0.1, 0.15) is 0 Å². The second-order valence-corrected chi connectivity index (χ2v) is 9.87. The van der Waals surface area contributed by atoms with Crippen molar-refractivity contribution in [1.82, 2.24) is 20.4 Å². The summed E-state index contributed by atoms with van der Waals surface area (Å²) < 4.78 is 43.0. The van der Waals surface area contributed by atoms with Crippen molar-refractivity contribution in [2.45, 2.75) is 38.0 Å². The average Bonchev–Trinajstić information content (AvgIpc) is 2.98. The van der Waals surface area contributed by atoms with Crippen molar-refractivity contribution < 1.29 is 37.1 Å². The number of methoxy groups -OCH3 is 1. The van der Waals surface area contributed by atoms with Gasteiger partial charge in [0, 0.05) is 50.1 Å². The predicted molar refractivity (Wildman–Crippen MR) is 151 cm³/mol. The fourth-order valence-electron chi connectivity index (χ4n) is 4.84. The Bertz CT molecular complexity index is 1310. The van der Waals surface area contributed by atoms with Crippen LogP contribution in [-0.2, 0) is 23.9 Å². The number of fused-ring (bicyclic) bond motifs is 1. The fourth-order valence-corrected chi connectivity index (χ4v) is 4.84. The first kappa shape index (κ1) is 32.3. The molecule has 1 fully saturated rings. The molecule has 1 aliphatic heterocycles. The van der Waals surface area contributed by atoms with E-state index in [1.807, 2.05) is 18.2 Å². The van der Waals surface area contributed by atoms with Gasteiger partial charge in [-0.3, -0.25) is 19.3 Å². The van der Waals surface area contributed by atoms with Crippen LogP contribution in [0.4, 0.5) is 13.2 Å². The molecule has 0 radical (unpaired) electrons. The molecule has 3 rings (SSSR count). The first-order chi connectivity index (χ1) is 20.0. The minimum Gasteiger partial charge on any atom is -0.466 e. The van der Waals surface area contributed by atoms with Crippen molar-refractivity contribution in [2.75, 3.05) is 39.8 Å². The maximum atomic E-state index is 12.8. The van der Waals surface area contributed by atoms with Crippen molar-refractivity contribution in [3.05, 3.63) is 72.5 Å². The van der Waals surface area contributed by atoms with Crippen molar-refractivity contribution >= 4 is 34.3 Å². The molecule has 42 heavy (non-hydrogen) atoms. The van der Waals surface area contributed by atoms with Gasteiger partial charge in [-0.1, -0.05) is 48.5 Å². The maximum Gasteiger partial charge on any atom is 0.454 e. The van der Waals surface area contributed by atoms with Crippen LogP contribution in [0.5, 0.6) is 0 Å². The number of esters is 1. The van der Waals surface area contributed by atoms with Crippen LogP contribution in [0.1, 0.15) is 31.4 Å². The monoisotopic (exact) mass is 588 g/mol. The topological polar surface area (TPSA) is 108 Å². The summed E-state index contributed by atoms with van der Waals surface area (Å²) in [7, 11) is 1.22. The molecule has 2 N–H and O–H groups in total. The molecule has 226 valence electrons. The number of carbonyl (C=O) groups excluding carboxylic acids is 4. The number of likely N-dealkylation sites (tertiary alicyclic amines) is 1. The van der Waals surface area contributed by atoms with E-state index in [1.165, 1.54) is 23.6 Å². The summed E-state index contributed by atoms with van der Waals surface area (Å²) in [6.07, 6.45) is 0.0465. The summed E-state index contributed by atoms with van der Waals surface area (Å²) in [5.41, 5.74) is 1.18. The second kappa shape index (κ2) is 15.2. The van der Waals surface area contributed by atoms with E-state index < -0.39 is 29.7 Å². The van der Waals surface area contributed by atoms with Gasteiger partial charge in [0.05, 0.1) is 20.2 Å². The molecule has 1 aliphatic rings. The molecule has 1 saturated heterocycles. The summed E-state index contributed by atoms with van der Waals surface area (Å²) in [4.78, 5) is 50.9. The summed E-state index contributed by atoms with van der Waals surface area (Å²) in [6.45, 7) is 2.72. The molecule has 12 heteroatoms. The molecule has 1 atom stereocenters. The highest BCUT2D eigenvalue weighted by molar-refractivity contribution is 5.94. The van der Waals surface area contributed by atoms with Gasteiger partial charge in [-0.2, -0.15) is 13.2 Å². The summed E-state index contributed by atoms with van der Waals surface area (Å²) in [5.74, 6) is -3.72. The van der Waals surface area contributed by atoms with Gasteiger partial charge in [-0.05, 0) is 36.1 Å². The number of hydrogen-bond donors (Lipinski definition) is 2. The SMILES string of the molecule is COC(=O)/C=C/CNC(=O)CNC(=O)CN(/C=C/C(=O)C(F)(F)F)C1CCN([C@H](C)c2cccc3ccccc23)CC1. The largest absolute Gasteiger partial charge is 0.466 e. The minimum atomic E-state index is -5.03. The van der Waals surface area contributed by atoms with Crippen molar-refractivity contribution in [3.8, 4) is 0 Å².